The molecular formula is C26H24F4N2O2. The minimum atomic E-state index is -5.07. The maximum absolute atomic E-state index is 13.4. The van der Waals surface area contributed by atoms with Crippen LogP contribution in [-0.2, 0) is 5.41 Å². The first-order valence-electron chi connectivity index (χ1n) is 10.8. The number of fused-ring (bicyclic) bond motifs is 1. The molecule has 0 radical (unpaired) electrons. The molecule has 2 aromatic carbocycles. The third kappa shape index (κ3) is 4.68. The number of pyridine rings is 1. The minimum Gasteiger partial charge on any atom is -0.490 e. The molecule has 0 amide bonds. The number of ether oxygens (including phenoxy) is 1. The van der Waals surface area contributed by atoms with Gasteiger partial charge in [0.25, 0.3) is 5.78 Å². The first-order chi connectivity index (χ1) is 16.0. The second kappa shape index (κ2) is 8.83. The number of Topliss-reactive ketones (excluding diaryl/α,β-unsaturated/α-hetero) is 1. The Morgan fingerprint density at radius 1 is 1.18 bits per heavy atom. The van der Waals surface area contributed by atoms with E-state index < -0.39 is 28.9 Å². The number of carbonyl (C=O) groups excluding carboxylic acids is 1. The SMILES string of the molecule is Cc1cccc([C@H](C)NC[C@]2(C)COc3c2cc(C(=O)C(F)(F)F)nc3-c2ccc(F)cc2)c1. The molecule has 1 aliphatic heterocycles. The standard InChI is InChI=1S/C26H24F4N2O2/c1-15-5-4-6-18(11-15)16(2)31-13-25(3)14-34-23-20(25)12-21(24(33)26(28,29)30)32-22(23)17-7-9-19(27)10-8-17/h4-12,16,31H,13-14H2,1-3H3/t16-,25+/m0/s1. The van der Waals surface area contributed by atoms with Crippen molar-refractivity contribution in [2.24, 2.45) is 0 Å². The normalized spacial score (nSPS) is 18.3. The number of carbonyl (C=O) groups is 1. The maximum atomic E-state index is 13.4. The number of aromatic nitrogens is 1. The number of alkyl halides is 3. The average molecular weight is 472 g/mol. The van der Waals surface area contributed by atoms with Crippen molar-refractivity contribution in [1.82, 2.24) is 10.3 Å². The Kier molecular flexibility index (Phi) is 6.20. The molecule has 0 saturated heterocycles. The van der Waals surface area contributed by atoms with Crippen LogP contribution in [0.4, 0.5) is 17.6 Å². The fraction of sp³-hybridized carbons (Fsp3) is 0.308. The third-order valence-electron chi connectivity index (χ3n) is 6.11. The van der Waals surface area contributed by atoms with E-state index in [1.165, 1.54) is 30.3 Å². The summed E-state index contributed by atoms with van der Waals surface area (Å²) in [6, 6.07) is 14.4. The lowest BCUT2D eigenvalue weighted by Crippen LogP contribution is -2.38. The summed E-state index contributed by atoms with van der Waals surface area (Å²) in [5, 5.41) is 3.44. The predicted octanol–water partition coefficient (Wildman–Crippen LogP) is 5.94. The molecule has 34 heavy (non-hydrogen) atoms. The predicted molar refractivity (Wildman–Crippen MR) is 120 cm³/mol. The lowest BCUT2D eigenvalue weighted by atomic mass is 9.83. The van der Waals surface area contributed by atoms with Crippen LogP contribution in [0.3, 0.4) is 0 Å². The van der Waals surface area contributed by atoms with Gasteiger partial charge in [-0.25, -0.2) is 9.37 Å². The van der Waals surface area contributed by atoms with Crippen molar-refractivity contribution in [3.63, 3.8) is 0 Å². The fourth-order valence-corrected chi connectivity index (χ4v) is 4.08. The molecule has 0 saturated carbocycles. The number of hydrogen-bond acceptors (Lipinski definition) is 4. The summed E-state index contributed by atoms with van der Waals surface area (Å²) in [6.07, 6.45) is -5.07. The van der Waals surface area contributed by atoms with Gasteiger partial charge in [0.15, 0.2) is 0 Å². The third-order valence-corrected chi connectivity index (χ3v) is 6.11. The van der Waals surface area contributed by atoms with Crippen molar-refractivity contribution < 1.29 is 27.1 Å². The second-order valence-electron chi connectivity index (χ2n) is 8.93. The summed E-state index contributed by atoms with van der Waals surface area (Å²) in [5.74, 6) is -2.23. The van der Waals surface area contributed by atoms with Gasteiger partial charge in [-0.15, -0.1) is 0 Å². The number of halogens is 4. The molecule has 2 heterocycles. The molecule has 0 bridgehead atoms. The van der Waals surface area contributed by atoms with Crippen molar-refractivity contribution >= 4 is 5.78 Å². The molecular weight excluding hydrogens is 448 g/mol. The van der Waals surface area contributed by atoms with Crippen LogP contribution < -0.4 is 10.1 Å². The Bertz CT molecular complexity index is 1220. The van der Waals surface area contributed by atoms with Gasteiger partial charge in [0, 0.05) is 29.1 Å². The van der Waals surface area contributed by atoms with E-state index in [4.69, 9.17) is 4.74 Å². The van der Waals surface area contributed by atoms with E-state index in [1.54, 1.807) is 0 Å². The van der Waals surface area contributed by atoms with Crippen LogP contribution in [0.15, 0.2) is 54.6 Å². The highest BCUT2D eigenvalue weighted by Gasteiger charge is 2.44. The quantitative estimate of drug-likeness (QED) is 0.356. The molecule has 3 aromatic rings. The van der Waals surface area contributed by atoms with Gasteiger partial charge in [0.05, 0.1) is 6.61 Å². The largest absolute Gasteiger partial charge is 0.490 e. The smallest absolute Gasteiger partial charge is 0.456 e. The van der Waals surface area contributed by atoms with E-state index in [0.717, 1.165) is 11.1 Å². The van der Waals surface area contributed by atoms with E-state index in [2.05, 4.69) is 16.4 Å². The van der Waals surface area contributed by atoms with Crippen LogP contribution in [0, 0.1) is 12.7 Å². The number of benzene rings is 2. The Morgan fingerprint density at radius 2 is 1.88 bits per heavy atom. The number of rotatable bonds is 6. The lowest BCUT2D eigenvalue weighted by Gasteiger charge is -2.26. The van der Waals surface area contributed by atoms with Crippen molar-refractivity contribution in [2.75, 3.05) is 13.2 Å². The topological polar surface area (TPSA) is 51.2 Å². The summed E-state index contributed by atoms with van der Waals surface area (Å²) in [6.45, 7) is 6.45. The Labute approximate surface area is 195 Å². The Balaban J connectivity index is 1.72. The first kappa shape index (κ1) is 23.9. The number of ketones is 1. The van der Waals surface area contributed by atoms with Gasteiger partial charge < -0.3 is 10.1 Å². The number of aryl methyl sites for hydroxylation is 1. The zero-order valence-corrected chi connectivity index (χ0v) is 19.0. The van der Waals surface area contributed by atoms with Gasteiger partial charge in [-0.1, -0.05) is 36.8 Å². The molecule has 0 aliphatic carbocycles. The first-order valence-corrected chi connectivity index (χ1v) is 10.8. The summed E-state index contributed by atoms with van der Waals surface area (Å²) in [7, 11) is 0. The van der Waals surface area contributed by atoms with Crippen LogP contribution in [-0.4, -0.2) is 30.1 Å². The van der Waals surface area contributed by atoms with Gasteiger partial charge >= 0.3 is 6.18 Å². The number of hydrogen-bond donors (Lipinski definition) is 1. The zero-order chi connectivity index (χ0) is 24.7. The van der Waals surface area contributed by atoms with Crippen LogP contribution >= 0.6 is 0 Å². The number of nitrogens with zero attached hydrogens (tertiary/aromatic N) is 1. The molecule has 1 aliphatic rings. The summed E-state index contributed by atoms with van der Waals surface area (Å²) in [5.41, 5.74) is 1.67. The molecule has 1 N–H and O–H groups in total. The maximum Gasteiger partial charge on any atom is 0.456 e. The molecule has 2 atom stereocenters. The van der Waals surface area contributed by atoms with Crippen LogP contribution in [0.1, 0.15) is 47.1 Å². The van der Waals surface area contributed by atoms with Gasteiger partial charge in [-0.3, -0.25) is 4.79 Å². The van der Waals surface area contributed by atoms with E-state index in [0.29, 0.717) is 23.4 Å². The minimum absolute atomic E-state index is 0.0181. The molecule has 4 nitrogen and oxygen atoms in total. The van der Waals surface area contributed by atoms with Crippen molar-refractivity contribution in [3.8, 4) is 17.0 Å². The fourth-order valence-electron chi connectivity index (χ4n) is 4.08. The summed E-state index contributed by atoms with van der Waals surface area (Å²) in [4.78, 5) is 16.1. The lowest BCUT2D eigenvalue weighted by molar-refractivity contribution is -0.0888. The van der Waals surface area contributed by atoms with E-state index in [9.17, 15) is 22.4 Å². The molecule has 8 heteroatoms. The van der Waals surface area contributed by atoms with Gasteiger partial charge in [-0.05, 0) is 49.7 Å². The van der Waals surface area contributed by atoms with Crippen molar-refractivity contribution in [2.45, 2.75) is 38.4 Å². The monoisotopic (exact) mass is 472 g/mol. The van der Waals surface area contributed by atoms with Gasteiger partial charge in [-0.2, -0.15) is 13.2 Å². The summed E-state index contributed by atoms with van der Waals surface area (Å²) < 4.78 is 59.1. The van der Waals surface area contributed by atoms with E-state index in [1.807, 2.05) is 39.0 Å². The highest BCUT2D eigenvalue weighted by atomic mass is 19.4. The Hall–Kier alpha value is -3.26. The van der Waals surface area contributed by atoms with E-state index in [-0.39, 0.29) is 18.3 Å². The highest BCUT2D eigenvalue weighted by Crippen LogP contribution is 2.45. The Morgan fingerprint density at radius 3 is 2.53 bits per heavy atom. The molecule has 0 fully saturated rings. The average Bonchev–Trinajstić information content (AvgIpc) is 3.13. The molecule has 4 rings (SSSR count). The molecule has 1 aromatic heterocycles. The molecule has 0 spiro atoms. The van der Waals surface area contributed by atoms with Crippen LogP contribution in [0.5, 0.6) is 5.75 Å². The summed E-state index contributed by atoms with van der Waals surface area (Å²) >= 11 is 0. The zero-order valence-electron chi connectivity index (χ0n) is 19.0. The highest BCUT2D eigenvalue weighted by molar-refractivity contribution is 5.99. The van der Waals surface area contributed by atoms with Crippen LogP contribution in [0.2, 0.25) is 0 Å². The number of nitrogens with one attached hydrogen (secondary N) is 1. The van der Waals surface area contributed by atoms with E-state index >= 15 is 0 Å². The molecule has 0 unspecified atom stereocenters. The van der Waals surface area contributed by atoms with Gasteiger partial charge in [0.1, 0.15) is 23.0 Å². The van der Waals surface area contributed by atoms with Crippen molar-refractivity contribution in [3.05, 3.63) is 82.8 Å². The second-order valence-corrected chi connectivity index (χ2v) is 8.93. The van der Waals surface area contributed by atoms with Gasteiger partial charge in [0.2, 0.25) is 0 Å². The van der Waals surface area contributed by atoms with Crippen molar-refractivity contribution in [1.29, 1.82) is 0 Å². The molecule has 178 valence electrons. The van der Waals surface area contributed by atoms with Crippen LogP contribution in [0.25, 0.3) is 11.3 Å².